The SMILES string of the molecule is C#CCNC(=O)COc1ccccc1C(CC)NC. The lowest BCUT2D eigenvalue weighted by Gasteiger charge is -2.18. The Labute approximate surface area is 114 Å². The van der Waals surface area contributed by atoms with Gasteiger partial charge in [0.25, 0.3) is 5.91 Å². The standard InChI is InChI=1S/C15H20N2O2/c1-4-10-17-15(18)11-19-14-9-7-6-8-12(14)13(5-2)16-3/h1,6-9,13,16H,5,10-11H2,2-3H3,(H,17,18). The third-order valence-electron chi connectivity index (χ3n) is 2.80. The number of hydrogen-bond donors (Lipinski definition) is 2. The summed E-state index contributed by atoms with van der Waals surface area (Å²) in [6.45, 7) is 2.29. The Morgan fingerprint density at radius 1 is 1.47 bits per heavy atom. The highest BCUT2D eigenvalue weighted by Crippen LogP contribution is 2.26. The third kappa shape index (κ3) is 4.65. The van der Waals surface area contributed by atoms with Crippen molar-refractivity contribution in [3.8, 4) is 18.1 Å². The zero-order valence-corrected chi connectivity index (χ0v) is 11.4. The quantitative estimate of drug-likeness (QED) is 0.730. The first-order valence-corrected chi connectivity index (χ1v) is 6.32. The largest absolute Gasteiger partial charge is 0.483 e. The zero-order valence-electron chi connectivity index (χ0n) is 11.4. The van der Waals surface area contributed by atoms with Crippen molar-refractivity contribution >= 4 is 5.91 Å². The minimum Gasteiger partial charge on any atom is -0.483 e. The van der Waals surface area contributed by atoms with Crippen LogP contribution in [0.5, 0.6) is 5.75 Å². The van der Waals surface area contributed by atoms with Gasteiger partial charge in [0.05, 0.1) is 6.54 Å². The molecule has 0 spiro atoms. The molecule has 2 N–H and O–H groups in total. The molecule has 0 fully saturated rings. The topological polar surface area (TPSA) is 50.4 Å². The van der Waals surface area contributed by atoms with Crippen molar-refractivity contribution in [2.75, 3.05) is 20.2 Å². The molecule has 0 aliphatic carbocycles. The van der Waals surface area contributed by atoms with E-state index in [1.807, 2.05) is 31.3 Å². The van der Waals surface area contributed by atoms with E-state index in [2.05, 4.69) is 23.5 Å². The molecule has 4 heteroatoms. The molecule has 0 aromatic heterocycles. The summed E-state index contributed by atoms with van der Waals surface area (Å²) in [4.78, 5) is 11.4. The summed E-state index contributed by atoms with van der Waals surface area (Å²) >= 11 is 0. The summed E-state index contributed by atoms with van der Waals surface area (Å²) in [5.41, 5.74) is 1.05. The van der Waals surface area contributed by atoms with Crippen LogP contribution in [0.2, 0.25) is 0 Å². The van der Waals surface area contributed by atoms with Crippen molar-refractivity contribution in [3.63, 3.8) is 0 Å². The van der Waals surface area contributed by atoms with Crippen LogP contribution in [0.25, 0.3) is 0 Å². The van der Waals surface area contributed by atoms with E-state index in [4.69, 9.17) is 11.2 Å². The summed E-state index contributed by atoms with van der Waals surface area (Å²) in [6, 6.07) is 7.93. The number of para-hydroxylation sites is 1. The van der Waals surface area contributed by atoms with Gasteiger partial charge in [0.2, 0.25) is 0 Å². The molecule has 0 radical (unpaired) electrons. The van der Waals surface area contributed by atoms with Crippen molar-refractivity contribution in [3.05, 3.63) is 29.8 Å². The summed E-state index contributed by atoms with van der Waals surface area (Å²) < 4.78 is 5.56. The van der Waals surface area contributed by atoms with E-state index in [1.165, 1.54) is 0 Å². The first kappa shape index (κ1) is 15.1. The summed E-state index contributed by atoms with van der Waals surface area (Å²) in [5.74, 6) is 2.85. The monoisotopic (exact) mass is 260 g/mol. The van der Waals surface area contributed by atoms with E-state index in [1.54, 1.807) is 0 Å². The Hall–Kier alpha value is -1.99. The van der Waals surface area contributed by atoms with E-state index in [0.29, 0.717) is 0 Å². The van der Waals surface area contributed by atoms with Crippen molar-refractivity contribution < 1.29 is 9.53 Å². The first-order chi connectivity index (χ1) is 9.22. The first-order valence-electron chi connectivity index (χ1n) is 6.32. The highest BCUT2D eigenvalue weighted by atomic mass is 16.5. The maximum absolute atomic E-state index is 11.4. The number of terminal acetylenes is 1. The maximum atomic E-state index is 11.4. The van der Waals surface area contributed by atoms with Crippen molar-refractivity contribution in [1.29, 1.82) is 0 Å². The lowest BCUT2D eigenvalue weighted by molar-refractivity contribution is -0.122. The van der Waals surface area contributed by atoms with Gasteiger partial charge in [0.1, 0.15) is 5.75 Å². The molecule has 0 heterocycles. The zero-order chi connectivity index (χ0) is 14.1. The van der Waals surface area contributed by atoms with Gasteiger partial charge in [-0.3, -0.25) is 4.79 Å². The van der Waals surface area contributed by atoms with Crippen molar-refractivity contribution in [2.24, 2.45) is 0 Å². The van der Waals surface area contributed by atoms with Gasteiger partial charge in [0, 0.05) is 11.6 Å². The Balaban J connectivity index is 2.68. The van der Waals surface area contributed by atoms with Gasteiger partial charge in [-0.15, -0.1) is 6.42 Å². The number of hydrogen-bond acceptors (Lipinski definition) is 3. The van der Waals surface area contributed by atoms with E-state index in [0.717, 1.165) is 17.7 Å². The number of rotatable bonds is 7. The van der Waals surface area contributed by atoms with Crippen LogP contribution in [0.3, 0.4) is 0 Å². The smallest absolute Gasteiger partial charge is 0.258 e. The molecule has 0 aliphatic rings. The fourth-order valence-corrected chi connectivity index (χ4v) is 1.82. The van der Waals surface area contributed by atoms with Crippen LogP contribution in [0.4, 0.5) is 0 Å². The minimum absolute atomic E-state index is 0.0289. The number of carbonyl (C=O) groups is 1. The number of benzene rings is 1. The normalized spacial score (nSPS) is 11.4. The molecule has 1 aromatic carbocycles. The van der Waals surface area contributed by atoms with E-state index < -0.39 is 0 Å². The van der Waals surface area contributed by atoms with Gasteiger partial charge in [-0.2, -0.15) is 0 Å². The molecule has 1 aromatic rings. The van der Waals surface area contributed by atoms with Crippen LogP contribution in [0.15, 0.2) is 24.3 Å². The van der Waals surface area contributed by atoms with Gasteiger partial charge >= 0.3 is 0 Å². The van der Waals surface area contributed by atoms with Crippen LogP contribution in [0.1, 0.15) is 24.9 Å². The fraction of sp³-hybridized carbons (Fsp3) is 0.400. The molecule has 1 atom stereocenters. The molecular weight excluding hydrogens is 240 g/mol. The lowest BCUT2D eigenvalue weighted by Crippen LogP contribution is -2.29. The molecule has 1 rings (SSSR count). The Morgan fingerprint density at radius 3 is 2.84 bits per heavy atom. The van der Waals surface area contributed by atoms with Crippen LogP contribution in [-0.2, 0) is 4.79 Å². The Morgan fingerprint density at radius 2 is 2.21 bits per heavy atom. The summed E-state index contributed by atoms with van der Waals surface area (Å²) in [5, 5.41) is 5.79. The molecule has 1 unspecified atom stereocenters. The van der Waals surface area contributed by atoms with Gasteiger partial charge in [0.15, 0.2) is 6.61 Å². The average molecular weight is 260 g/mol. The highest BCUT2D eigenvalue weighted by molar-refractivity contribution is 5.77. The maximum Gasteiger partial charge on any atom is 0.258 e. The van der Waals surface area contributed by atoms with E-state index >= 15 is 0 Å². The van der Waals surface area contributed by atoms with Gasteiger partial charge in [-0.25, -0.2) is 0 Å². The Bertz CT molecular complexity index is 448. The predicted octanol–water partition coefficient (Wildman–Crippen LogP) is 1.49. The second kappa shape index (κ2) is 8.17. The van der Waals surface area contributed by atoms with Gasteiger partial charge in [-0.1, -0.05) is 31.0 Å². The molecular formula is C15H20N2O2. The van der Waals surface area contributed by atoms with Crippen molar-refractivity contribution in [1.82, 2.24) is 10.6 Å². The number of amides is 1. The molecule has 19 heavy (non-hydrogen) atoms. The van der Waals surface area contributed by atoms with E-state index in [-0.39, 0.29) is 25.1 Å². The third-order valence-corrected chi connectivity index (χ3v) is 2.80. The summed E-state index contributed by atoms with van der Waals surface area (Å²) in [6.07, 6.45) is 6.01. The van der Waals surface area contributed by atoms with Crippen LogP contribution in [-0.4, -0.2) is 26.1 Å². The van der Waals surface area contributed by atoms with Crippen LogP contribution >= 0.6 is 0 Å². The Kier molecular flexibility index (Phi) is 6.48. The van der Waals surface area contributed by atoms with Crippen LogP contribution in [0, 0.1) is 12.3 Å². The second-order valence-electron chi connectivity index (χ2n) is 4.06. The average Bonchev–Trinajstić information content (AvgIpc) is 2.45. The number of nitrogens with one attached hydrogen (secondary N) is 2. The second-order valence-corrected chi connectivity index (χ2v) is 4.06. The molecule has 0 bridgehead atoms. The molecule has 0 aliphatic heterocycles. The molecule has 0 saturated carbocycles. The lowest BCUT2D eigenvalue weighted by atomic mass is 10.0. The highest BCUT2D eigenvalue weighted by Gasteiger charge is 2.13. The summed E-state index contributed by atoms with van der Waals surface area (Å²) in [7, 11) is 1.91. The number of ether oxygens (including phenoxy) is 1. The predicted molar refractivity (Wildman–Crippen MR) is 75.9 cm³/mol. The van der Waals surface area contributed by atoms with E-state index in [9.17, 15) is 4.79 Å². The van der Waals surface area contributed by atoms with Gasteiger partial charge < -0.3 is 15.4 Å². The molecule has 0 saturated heterocycles. The van der Waals surface area contributed by atoms with Crippen molar-refractivity contribution in [2.45, 2.75) is 19.4 Å². The molecule has 102 valence electrons. The molecule has 1 amide bonds. The molecule has 4 nitrogen and oxygen atoms in total. The fourth-order valence-electron chi connectivity index (χ4n) is 1.82. The number of carbonyl (C=O) groups excluding carboxylic acids is 1. The minimum atomic E-state index is -0.217. The van der Waals surface area contributed by atoms with Gasteiger partial charge in [-0.05, 0) is 19.5 Å². The van der Waals surface area contributed by atoms with Crippen LogP contribution < -0.4 is 15.4 Å².